The van der Waals surface area contributed by atoms with Crippen molar-refractivity contribution in [2.45, 2.75) is 18.9 Å². The van der Waals surface area contributed by atoms with Gasteiger partial charge in [-0.15, -0.1) is 0 Å². The Balaban J connectivity index is 2.48. The molecule has 0 aliphatic heterocycles. The van der Waals surface area contributed by atoms with E-state index in [2.05, 4.69) is 4.74 Å². The Morgan fingerprint density at radius 3 is 2.65 bits per heavy atom. The van der Waals surface area contributed by atoms with Crippen molar-refractivity contribution in [1.82, 2.24) is 0 Å². The van der Waals surface area contributed by atoms with Gasteiger partial charge < -0.3 is 14.3 Å². The summed E-state index contributed by atoms with van der Waals surface area (Å²) in [5, 5.41) is 10.7. The van der Waals surface area contributed by atoms with Gasteiger partial charge in [-0.1, -0.05) is 25.1 Å². The number of rotatable bonds is 4. The van der Waals surface area contributed by atoms with Crippen molar-refractivity contribution in [2.75, 3.05) is 7.11 Å². The van der Waals surface area contributed by atoms with E-state index in [0.717, 1.165) is 0 Å². The minimum Gasteiger partial charge on any atom is -0.463 e. The summed E-state index contributed by atoms with van der Waals surface area (Å²) < 4.78 is 23.7. The van der Waals surface area contributed by atoms with Gasteiger partial charge in [-0.2, -0.15) is 0 Å². The molecule has 0 saturated carbocycles. The third-order valence-electron chi connectivity index (χ3n) is 3.23. The van der Waals surface area contributed by atoms with Gasteiger partial charge in [0.1, 0.15) is 17.2 Å². The van der Waals surface area contributed by atoms with Gasteiger partial charge in [-0.3, -0.25) is 0 Å². The lowest BCUT2D eigenvalue weighted by Gasteiger charge is -2.25. The van der Waals surface area contributed by atoms with E-state index in [-0.39, 0.29) is 23.5 Å². The Morgan fingerprint density at radius 1 is 1.35 bits per heavy atom. The first-order valence-electron chi connectivity index (χ1n) is 6.19. The van der Waals surface area contributed by atoms with Gasteiger partial charge in [-0.25, -0.2) is 9.18 Å². The van der Waals surface area contributed by atoms with E-state index in [4.69, 9.17) is 4.42 Å². The Labute approximate surface area is 115 Å². The Kier molecular flexibility index (Phi) is 3.90. The molecule has 106 valence electrons. The van der Waals surface area contributed by atoms with Crippen molar-refractivity contribution in [3.05, 3.63) is 59.3 Å². The summed E-state index contributed by atoms with van der Waals surface area (Å²) in [5.41, 5.74) is -1.52. The fourth-order valence-corrected chi connectivity index (χ4v) is 2.06. The first-order chi connectivity index (χ1) is 9.52. The van der Waals surface area contributed by atoms with E-state index in [1.165, 1.54) is 37.4 Å². The molecule has 1 atom stereocenters. The molecule has 0 radical (unpaired) electrons. The zero-order valence-electron chi connectivity index (χ0n) is 11.2. The fraction of sp³-hybridized carbons (Fsp3) is 0.267. The molecule has 0 fully saturated rings. The SMILES string of the molecule is CCC(O)(c1ccc(C(=O)OC)o1)c1ccccc1F. The molecule has 2 rings (SSSR count). The normalized spacial score (nSPS) is 13.8. The molecule has 1 aromatic heterocycles. The topological polar surface area (TPSA) is 59.7 Å². The second kappa shape index (κ2) is 5.46. The Bertz CT molecular complexity index is 620. The van der Waals surface area contributed by atoms with Crippen LogP contribution in [-0.2, 0) is 10.3 Å². The number of ether oxygens (including phenoxy) is 1. The quantitative estimate of drug-likeness (QED) is 0.874. The Hall–Kier alpha value is -2.14. The Morgan fingerprint density at radius 2 is 2.05 bits per heavy atom. The molecular weight excluding hydrogens is 263 g/mol. The molecule has 1 heterocycles. The number of hydrogen-bond donors (Lipinski definition) is 1. The predicted molar refractivity (Wildman–Crippen MR) is 69.7 cm³/mol. The van der Waals surface area contributed by atoms with Gasteiger partial charge in [0.25, 0.3) is 0 Å². The van der Waals surface area contributed by atoms with Crippen LogP contribution in [0.5, 0.6) is 0 Å². The van der Waals surface area contributed by atoms with Gasteiger partial charge >= 0.3 is 5.97 Å². The number of methoxy groups -OCH3 is 1. The average Bonchev–Trinajstić information content (AvgIpc) is 2.96. The number of halogens is 1. The van der Waals surface area contributed by atoms with Crippen LogP contribution >= 0.6 is 0 Å². The third kappa shape index (κ3) is 2.32. The van der Waals surface area contributed by atoms with E-state index < -0.39 is 17.4 Å². The molecular formula is C15H15FO4. The van der Waals surface area contributed by atoms with Crippen LogP contribution in [0.1, 0.15) is 35.2 Å². The molecule has 0 bridgehead atoms. The summed E-state index contributed by atoms with van der Waals surface area (Å²) in [6.45, 7) is 1.70. The van der Waals surface area contributed by atoms with Crippen LogP contribution in [0.2, 0.25) is 0 Å². The molecule has 20 heavy (non-hydrogen) atoms. The minimum absolute atomic E-state index is 0.0364. The molecule has 4 nitrogen and oxygen atoms in total. The van der Waals surface area contributed by atoms with Crippen LogP contribution in [-0.4, -0.2) is 18.2 Å². The first-order valence-corrected chi connectivity index (χ1v) is 6.19. The summed E-state index contributed by atoms with van der Waals surface area (Å²) in [6.07, 6.45) is 0.196. The van der Waals surface area contributed by atoms with Crippen LogP contribution in [0.25, 0.3) is 0 Å². The highest BCUT2D eigenvalue weighted by atomic mass is 19.1. The van der Waals surface area contributed by atoms with Crippen molar-refractivity contribution >= 4 is 5.97 Å². The van der Waals surface area contributed by atoms with E-state index in [9.17, 15) is 14.3 Å². The monoisotopic (exact) mass is 278 g/mol. The zero-order valence-corrected chi connectivity index (χ0v) is 11.2. The first kappa shape index (κ1) is 14.3. The maximum absolute atomic E-state index is 13.9. The lowest BCUT2D eigenvalue weighted by atomic mass is 9.88. The fourth-order valence-electron chi connectivity index (χ4n) is 2.06. The molecule has 0 saturated heterocycles. The lowest BCUT2D eigenvalue weighted by Crippen LogP contribution is -2.27. The highest BCUT2D eigenvalue weighted by Crippen LogP contribution is 2.35. The van der Waals surface area contributed by atoms with E-state index in [1.807, 2.05) is 0 Å². The zero-order chi connectivity index (χ0) is 14.8. The number of carbonyl (C=O) groups excluding carboxylic acids is 1. The summed E-state index contributed by atoms with van der Waals surface area (Å²) in [4.78, 5) is 11.4. The average molecular weight is 278 g/mol. The maximum Gasteiger partial charge on any atom is 0.373 e. The summed E-state index contributed by atoms with van der Waals surface area (Å²) in [5.74, 6) is -1.12. The molecule has 0 spiro atoms. The molecule has 1 N–H and O–H groups in total. The largest absolute Gasteiger partial charge is 0.463 e. The van der Waals surface area contributed by atoms with Gasteiger partial charge in [-0.05, 0) is 24.6 Å². The predicted octanol–water partition coefficient (Wildman–Crippen LogP) is 2.85. The number of hydrogen-bond acceptors (Lipinski definition) is 4. The number of aliphatic hydroxyl groups is 1. The van der Waals surface area contributed by atoms with Gasteiger partial charge in [0.15, 0.2) is 0 Å². The van der Waals surface area contributed by atoms with Crippen LogP contribution in [0.4, 0.5) is 4.39 Å². The lowest BCUT2D eigenvalue weighted by molar-refractivity contribution is 0.0421. The molecule has 1 unspecified atom stereocenters. The van der Waals surface area contributed by atoms with Gasteiger partial charge in [0.05, 0.1) is 7.11 Å². The molecule has 0 aliphatic rings. The van der Waals surface area contributed by atoms with Crippen LogP contribution in [0, 0.1) is 5.82 Å². The summed E-state index contributed by atoms with van der Waals surface area (Å²) >= 11 is 0. The van der Waals surface area contributed by atoms with Crippen LogP contribution < -0.4 is 0 Å². The van der Waals surface area contributed by atoms with Crippen molar-refractivity contribution < 1.29 is 23.4 Å². The van der Waals surface area contributed by atoms with Crippen LogP contribution in [0.3, 0.4) is 0 Å². The van der Waals surface area contributed by atoms with Crippen molar-refractivity contribution in [3.63, 3.8) is 0 Å². The number of carbonyl (C=O) groups is 1. The van der Waals surface area contributed by atoms with E-state index >= 15 is 0 Å². The van der Waals surface area contributed by atoms with Crippen molar-refractivity contribution in [3.8, 4) is 0 Å². The molecule has 0 amide bonds. The second-order valence-electron chi connectivity index (χ2n) is 4.35. The number of benzene rings is 1. The minimum atomic E-state index is -1.63. The highest BCUT2D eigenvalue weighted by molar-refractivity contribution is 5.86. The van der Waals surface area contributed by atoms with Crippen molar-refractivity contribution in [2.24, 2.45) is 0 Å². The molecule has 2 aromatic rings. The number of furan rings is 1. The van der Waals surface area contributed by atoms with E-state index in [1.54, 1.807) is 13.0 Å². The number of esters is 1. The highest BCUT2D eigenvalue weighted by Gasteiger charge is 2.36. The third-order valence-corrected chi connectivity index (χ3v) is 3.23. The smallest absolute Gasteiger partial charge is 0.373 e. The van der Waals surface area contributed by atoms with Gasteiger partial charge in [0, 0.05) is 5.56 Å². The summed E-state index contributed by atoms with van der Waals surface area (Å²) in [7, 11) is 1.23. The molecule has 1 aromatic carbocycles. The summed E-state index contributed by atoms with van der Waals surface area (Å²) in [6, 6.07) is 8.75. The van der Waals surface area contributed by atoms with E-state index in [0.29, 0.717) is 0 Å². The molecule has 5 heteroatoms. The van der Waals surface area contributed by atoms with Crippen molar-refractivity contribution in [1.29, 1.82) is 0 Å². The second-order valence-corrected chi connectivity index (χ2v) is 4.35. The van der Waals surface area contributed by atoms with Crippen LogP contribution in [0.15, 0.2) is 40.8 Å². The van der Waals surface area contributed by atoms with Gasteiger partial charge in [0.2, 0.25) is 5.76 Å². The standard InChI is InChI=1S/C15H15FO4/c1-3-15(18,10-6-4-5-7-11(10)16)13-9-8-12(20-13)14(17)19-2/h4-9,18H,3H2,1-2H3. The molecule has 0 aliphatic carbocycles. The maximum atomic E-state index is 13.9.